The van der Waals surface area contributed by atoms with Crippen molar-refractivity contribution < 1.29 is 19.7 Å². The molecule has 1 atom stereocenters. The molecule has 0 saturated carbocycles. The van der Waals surface area contributed by atoms with Crippen LogP contribution in [0.2, 0.25) is 0 Å². The Kier molecular flexibility index (Phi) is 4.00. The molecular formula is C15H15NO4. The number of rotatable bonds is 5. The highest BCUT2D eigenvalue weighted by atomic mass is 16.5. The number of pyridine rings is 1. The predicted molar refractivity (Wildman–Crippen MR) is 72.7 cm³/mol. The molecule has 104 valence electrons. The van der Waals surface area contributed by atoms with Crippen LogP contribution < -0.4 is 4.74 Å². The van der Waals surface area contributed by atoms with E-state index in [1.807, 2.05) is 18.2 Å². The van der Waals surface area contributed by atoms with E-state index in [9.17, 15) is 9.90 Å². The summed E-state index contributed by atoms with van der Waals surface area (Å²) in [6.45, 7) is 1.54. The Labute approximate surface area is 116 Å². The molecule has 1 aromatic carbocycles. The van der Waals surface area contributed by atoms with E-state index >= 15 is 0 Å². The number of nitrogens with zero attached hydrogens (tertiary/aromatic N) is 1. The standard InChI is InChI=1S/C15H15NO4/c1-15(19,11-5-3-2-4-6-11)10-20-13-9-16-8-7-12(13)14(17)18/h2-9,19H,10H2,1H3,(H,17,18). The van der Waals surface area contributed by atoms with Gasteiger partial charge in [0, 0.05) is 6.20 Å². The van der Waals surface area contributed by atoms with Gasteiger partial charge in [-0.2, -0.15) is 0 Å². The molecule has 20 heavy (non-hydrogen) atoms. The summed E-state index contributed by atoms with van der Waals surface area (Å²) in [7, 11) is 0. The lowest BCUT2D eigenvalue weighted by molar-refractivity contribution is 0.00690. The van der Waals surface area contributed by atoms with Gasteiger partial charge in [-0.1, -0.05) is 30.3 Å². The summed E-state index contributed by atoms with van der Waals surface area (Å²) >= 11 is 0. The third-order valence-corrected chi connectivity index (χ3v) is 2.92. The van der Waals surface area contributed by atoms with Gasteiger partial charge in [0.2, 0.25) is 0 Å². The number of hydrogen-bond acceptors (Lipinski definition) is 4. The summed E-state index contributed by atoms with van der Waals surface area (Å²) < 4.78 is 5.42. The highest BCUT2D eigenvalue weighted by molar-refractivity contribution is 5.90. The molecule has 5 heteroatoms. The van der Waals surface area contributed by atoms with Crippen molar-refractivity contribution in [2.24, 2.45) is 0 Å². The molecule has 0 aliphatic heterocycles. The van der Waals surface area contributed by atoms with Crippen molar-refractivity contribution in [3.05, 3.63) is 59.9 Å². The molecule has 2 N–H and O–H groups in total. The first-order chi connectivity index (χ1) is 9.50. The smallest absolute Gasteiger partial charge is 0.339 e. The van der Waals surface area contributed by atoms with E-state index in [2.05, 4.69) is 4.98 Å². The molecule has 5 nitrogen and oxygen atoms in total. The van der Waals surface area contributed by atoms with Crippen molar-refractivity contribution in [2.75, 3.05) is 6.61 Å². The van der Waals surface area contributed by atoms with Crippen molar-refractivity contribution >= 4 is 5.97 Å². The Morgan fingerprint density at radius 1 is 1.30 bits per heavy atom. The zero-order valence-electron chi connectivity index (χ0n) is 11.0. The SMILES string of the molecule is CC(O)(COc1cnccc1C(=O)O)c1ccccc1. The lowest BCUT2D eigenvalue weighted by Crippen LogP contribution is -2.29. The fraction of sp³-hybridized carbons (Fsp3) is 0.200. The molecule has 0 amide bonds. The Hall–Kier alpha value is -2.40. The van der Waals surface area contributed by atoms with Crippen LogP contribution in [0.3, 0.4) is 0 Å². The van der Waals surface area contributed by atoms with Crippen LogP contribution in [0.1, 0.15) is 22.8 Å². The van der Waals surface area contributed by atoms with Crippen LogP contribution in [-0.4, -0.2) is 27.8 Å². The molecule has 2 aromatic rings. The average molecular weight is 273 g/mol. The van der Waals surface area contributed by atoms with E-state index in [4.69, 9.17) is 9.84 Å². The number of aromatic nitrogens is 1. The largest absolute Gasteiger partial charge is 0.488 e. The van der Waals surface area contributed by atoms with Crippen LogP contribution in [0.5, 0.6) is 5.75 Å². The molecule has 1 heterocycles. The normalized spacial score (nSPS) is 13.5. The highest BCUT2D eigenvalue weighted by Crippen LogP contribution is 2.23. The first kappa shape index (κ1) is 14.0. The second-order valence-corrected chi connectivity index (χ2v) is 4.61. The maximum Gasteiger partial charge on any atom is 0.339 e. The molecule has 0 radical (unpaired) electrons. The predicted octanol–water partition coefficient (Wildman–Crippen LogP) is 2.07. The van der Waals surface area contributed by atoms with E-state index in [0.29, 0.717) is 5.56 Å². The summed E-state index contributed by atoms with van der Waals surface area (Å²) in [6, 6.07) is 10.4. The van der Waals surface area contributed by atoms with Gasteiger partial charge < -0.3 is 14.9 Å². The Bertz CT molecular complexity index is 596. The zero-order chi connectivity index (χ0) is 14.6. The topological polar surface area (TPSA) is 79.7 Å². The number of benzene rings is 1. The van der Waals surface area contributed by atoms with Crippen molar-refractivity contribution in [3.63, 3.8) is 0 Å². The van der Waals surface area contributed by atoms with E-state index < -0.39 is 11.6 Å². The van der Waals surface area contributed by atoms with E-state index in [1.165, 1.54) is 18.5 Å². The molecule has 0 saturated heterocycles. The summed E-state index contributed by atoms with van der Waals surface area (Å²) in [5.74, 6) is -0.960. The zero-order valence-corrected chi connectivity index (χ0v) is 11.0. The van der Waals surface area contributed by atoms with Gasteiger partial charge in [-0.25, -0.2) is 4.79 Å². The van der Waals surface area contributed by atoms with Gasteiger partial charge in [0.15, 0.2) is 5.75 Å². The molecule has 1 aromatic heterocycles. The van der Waals surface area contributed by atoms with Crippen LogP contribution in [-0.2, 0) is 5.60 Å². The molecule has 0 bridgehead atoms. The van der Waals surface area contributed by atoms with Crippen LogP contribution in [0.15, 0.2) is 48.8 Å². The highest BCUT2D eigenvalue weighted by Gasteiger charge is 2.24. The van der Waals surface area contributed by atoms with Gasteiger partial charge in [0.1, 0.15) is 17.8 Å². The molecule has 0 aliphatic rings. The second-order valence-electron chi connectivity index (χ2n) is 4.61. The first-order valence-corrected chi connectivity index (χ1v) is 6.09. The molecular weight excluding hydrogens is 258 g/mol. The van der Waals surface area contributed by atoms with Gasteiger partial charge in [-0.05, 0) is 18.6 Å². The third kappa shape index (κ3) is 3.13. The maximum absolute atomic E-state index is 11.0. The Morgan fingerprint density at radius 2 is 2.00 bits per heavy atom. The number of carbonyl (C=O) groups is 1. The number of hydrogen-bond donors (Lipinski definition) is 2. The number of ether oxygens (including phenoxy) is 1. The van der Waals surface area contributed by atoms with Crippen LogP contribution >= 0.6 is 0 Å². The average Bonchev–Trinajstić information content (AvgIpc) is 2.46. The summed E-state index contributed by atoms with van der Waals surface area (Å²) in [5.41, 5.74) is -0.503. The van der Waals surface area contributed by atoms with Gasteiger partial charge in [0.05, 0.1) is 6.20 Å². The van der Waals surface area contributed by atoms with Crippen molar-refractivity contribution in [2.45, 2.75) is 12.5 Å². The maximum atomic E-state index is 11.0. The quantitative estimate of drug-likeness (QED) is 0.871. The molecule has 0 aliphatic carbocycles. The van der Waals surface area contributed by atoms with Gasteiger partial charge in [-0.15, -0.1) is 0 Å². The van der Waals surface area contributed by atoms with Crippen molar-refractivity contribution in [1.82, 2.24) is 4.98 Å². The van der Waals surface area contributed by atoms with Crippen molar-refractivity contribution in [3.8, 4) is 5.75 Å². The van der Waals surface area contributed by atoms with E-state index in [0.717, 1.165) is 0 Å². The number of carboxylic acid groups (broad SMARTS) is 1. The third-order valence-electron chi connectivity index (χ3n) is 2.92. The number of aliphatic hydroxyl groups is 1. The monoisotopic (exact) mass is 273 g/mol. The summed E-state index contributed by atoms with van der Waals surface area (Å²) in [6.07, 6.45) is 2.70. The minimum atomic E-state index is -1.22. The fourth-order valence-electron chi connectivity index (χ4n) is 1.77. The minimum Gasteiger partial charge on any atom is -0.488 e. The van der Waals surface area contributed by atoms with Crippen molar-refractivity contribution in [1.29, 1.82) is 0 Å². The molecule has 2 rings (SSSR count). The number of aromatic carboxylic acids is 1. The van der Waals surface area contributed by atoms with Gasteiger partial charge >= 0.3 is 5.97 Å². The number of carboxylic acids is 1. The second kappa shape index (κ2) is 5.71. The first-order valence-electron chi connectivity index (χ1n) is 6.09. The van der Waals surface area contributed by atoms with Crippen LogP contribution in [0, 0.1) is 0 Å². The Balaban J connectivity index is 2.15. The minimum absolute atomic E-state index is 0.0175. The Morgan fingerprint density at radius 3 is 2.65 bits per heavy atom. The summed E-state index contributed by atoms with van der Waals surface area (Å²) in [4.78, 5) is 14.9. The van der Waals surface area contributed by atoms with E-state index in [1.54, 1.807) is 19.1 Å². The molecule has 1 unspecified atom stereocenters. The van der Waals surface area contributed by atoms with Gasteiger partial charge in [-0.3, -0.25) is 4.98 Å². The van der Waals surface area contributed by atoms with Crippen LogP contribution in [0.4, 0.5) is 0 Å². The summed E-state index contributed by atoms with van der Waals surface area (Å²) in [5, 5.41) is 19.4. The lowest BCUT2D eigenvalue weighted by atomic mass is 9.97. The van der Waals surface area contributed by atoms with Crippen LogP contribution in [0.25, 0.3) is 0 Å². The molecule has 0 spiro atoms. The molecule has 0 fully saturated rings. The fourth-order valence-corrected chi connectivity index (χ4v) is 1.77. The van der Waals surface area contributed by atoms with Gasteiger partial charge in [0.25, 0.3) is 0 Å². The van der Waals surface area contributed by atoms with E-state index in [-0.39, 0.29) is 17.9 Å². The lowest BCUT2D eigenvalue weighted by Gasteiger charge is -2.24.